The normalized spacial score (nSPS) is 15.5. The predicted molar refractivity (Wildman–Crippen MR) is 103 cm³/mol. The molecule has 7 heteroatoms. The van der Waals surface area contributed by atoms with Gasteiger partial charge in [-0.25, -0.2) is 13.1 Å². The molecule has 0 spiro atoms. The Bertz CT molecular complexity index is 833. The molecule has 2 aromatic carbocycles. The number of hydrogen-bond donors (Lipinski definition) is 1. The number of carbonyl (C=O) groups is 1. The highest BCUT2D eigenvalue weighted by atomic mass is 32.2. The molecule has 0 bridgehead atoms. The zero-order valence-corrected chi connectivity index (χ0v) is 15.9. The van der Waals surface area contributed by atoms with Crippen LogP contribution in [0.25, 0.3) is 0 Å². The van der Waals surface area contributed by atoms with E-state index in [4.69, 9.17) is 4.74 Å². The van der Waals surface area contributed by atoms with Crippen molar-refractivity contribution in [3.05, 3.63) is 60.7 Å². The molecule has 0 aliphatic carbocycles. The van der Waals surface area contributed by atoms with Crippen LogP contribution in [0.5, 0.6) is 5.75 Å². The summed E-state index contributed by atoms with van der Waals surface area (Å²) in [6, 6.07) is 17.6. The van der Waals surface area contributed by atoms with Crippen molar-refractivity contribution in [1.29, 1.82) is 0 Å². The molecule has 1 N–H and O–H groups in total. The van der Waals surface area contributed by atoms with Gasteiger partial charge in [0.15, 0.2) is 6.61 Å². The van der Waals surface area contributed by atoms with E-state index in [1.807, 2.05) is 30.3 Å². The van der Waals surface area contributed by atoms with Crippen LogP contribution in [0.3, 0.4) is 0 Å². The number of rotatable bonds is 7. The molecule has 0 saturated carbocycles. The summed E-state index contributed by atoms with van der Waals surface area (Å²) in [6.07, 6.45) is 1.54. The van der Waals surface area contributed by atoms with Crippen molar-refractivity contribution in [2.24, 2.45) is 5.92 Å². The fraction of sp³-hybridized carbons (Fsp3) is 0.350. The maximum atomic E-state index is 12.3. The van der Waals surface area contributed by atoms with E-state index in [0.29, 0.717) is 25.4 Å². The van der Waals surface area contributed by atoms with Gasteiger partial charge in [0.1, 0.15) is 5.75 Å². The Hall–Kier alpha value is -2.38. The van der Waals surface area contributed by atoms with Gasteiger partial charge in [-0.3, -0.25) is 4.79 Å². The molecule has 0 unspecified atom stereocenters. The van der Waals surface area contributed by atoms with Gasteiger partial charge in [0.2, 0.25) is 10.0 Å². The first-order chi connectivity index (χ1) is 13.0. The van der Waals surface area contributed by atoms with Crippen LogP contribution in [0, 0.1) is 5.92 Å². The number of benzene rings is 2. The van der Waals surface area contributed by atoms with Crippen LogP contribution in [0.2, 0.25) is 0 Å². The Morgan fingerprint density at radius 3 is 2.22 bits per heavy atom. The summed E-state index contributed by atoms with van der Waals surface area (Å²) >= 11 is 0. The first-order valence-electron chi connectivity index (χ1n) is 9.05. The molecule has 1 aliphatic heterocycles. The van der Waals surface area contributed by atoms with Gasteiger partial charge in [0, 0.05) is 19.6 Å². The van der Waals surface area contributed by atoms with E-state index in [9.17, 15) is 13.2 Å². The molecule has 6 nitrogen and oxygen atoms in total. The third kappa shape index (κ3) is 5.55. The molecule has 1 amide bonds. The van der Waals surface area contributed by atoms with E-state index in [2.05, 4.69) is 4.72 Å². The second-order valence-electron chi connectivity index (χ2n) is 6.59. The number of piperidine rings is 1. The lowest BCUT2D eigenvalue weighted by atomic mass is 9.97. The van der Waals surface area contributed by atoms with Gasteiger partial charge in [-0.1, -0.05) is 36.4 Å². The van der Waals surface area contributed by atoms with Crippen LogP contribution >= 0.6 is 0 Å². The predicted octanol–water partition coefficient (Wildman–Crippen LogP) is 2.28. The second-order valence-corrected chi connectivity index (χ2v) is 8.36. The topological polar surface area (TPSA) is 75.7 Å². The fourth-order valence-corrected chi connectivity index (χ4v) is 4.19. The SMILES string of the molecule is O=C(COc1ccccc1)N1CCC(CNS(=O)(=O)c2ccccc2)CC1. The van der Waals surface area contributed by atoms with Crippen molar-refractivity contribution in [1.82, 2.24) is 9.62 Å². The van der Waals surface area contributed by atoms with E-state index in [1.54, 1.807) is 35.2 Å². The molecular weight excluding hydrogens is 364 g/mol. The number of ether oxygens (including phenoxy) is 1. The third-order valence-corrected chi connectivity index (χ3v) is 6.13. The molecule has 1 aliphatic rings. The van der Waals surface area contributed by atoms with E-state index >= 15 is 0 Å². The standard InChI is InChI=1S/C20H24N2O4S/c23-20(16-26-18-7-3-1-4-8-18)22-13-11-17(12-14-22)15-21-27(24,25)19-9-5-2-6-10-19/h1-10,17,21H,11-16H2. The molecule has 0 atom stereocenters. The van der Waals surface area contributed by atoms with Crippen molar-refractivity contribution < 1.29 is 17.9 Å². The monoisotopic (exact) mass is 388 g/mol. The Kier molecular flexibility index (Phi) is 6.47. The van der Waals surface area contributed by atoms with Crippen molar-refractivity contribution in [2.45, 2.75) is 17.7 Å². The van der Waals surface area contributed by atoms with Crippen LogP contribution in [0.4, 0.5) is 0 Å². The summed E-state index contributed by atoms with van der Waals surface area (Å²) in [5.74, 6) is 0.862. The van der Waals surface area contributed by atoms with Crippen molar-refractivity contribution >= 4 is 15.9 Å². The lowest BCUT2D eigenvalue weighted by Gasteiger charge is -2.32. The highest BCUT2D eigenvalue weighted by Gasteiger charge is 2.24. The number of amides is 1. The smallest absolute Gasteiger partial charge is 0.260 e. The Labute approximate surface area is 160 Å². The minimum Gasteiger partial charge on any atom is -0.484 e. The molecule has 3 rings (SSSR count). The highest BCUT2D eigenvalue weighted by Crippen LogP contribution is 2.18. The van der Waals surface area contributed by atoms with Gasteiger partial charge in [-0.15, -0.1) is 0 Å². The minimum absolute atomic E-state index is 0.0231. The molecule has 2 aromatic rings. The van der Waals surface area contributed by atoms with Crippen molar-refractivity contribution in [3.63, 3.8) is 0 Å². The van der Waals surface area contributed by atoms with Crippen LogP contribution in [-0.2, 0) is 14.8 Å². The molecule has 1 heterocycles. The Morgan fingerprint density at radius 1 is 1.00 bits per heavy atom. The van der Waals surface area contributed by atoms with Gasteiger partial charge < -0.3 is 9.64 Å². The largest absolute Gasteiger partial charge is 0.484 e. The Morgan fingerprint density at radius 2 is 1.59 bits per heavy atom. The van der Waals surface area contributed by atoms with E-state index in [0.717, 1.165) is 12.8 Å². The molecule has 0 radical (unpaired) electrons. The van der Waals surface area contributed by atoms with Gasteiger partial charge >= 0.3 is 0 Å². The number of nitrogens with zero attached hydrogens (tertiary/aromatic N) is 1. The average Bonchev–Trinajstić information content (AvgIpc) is 2.72. The highest BCUT2D eigenvalue weighted by molar-refractivity contribution is 7.89. The number of nitrogens with one attached hydrogen (secondary N) is 1. The molecule has 27 heavy (non-hydrogen) atoms. The molecule has 0 aromatic heterocycles. The lowest BCUT2D eigenvalue weighted by Crippen LogP contribution is -2.43. The first-order valence-corrected chi connectivity index (χ1v) is 10.5. The number of carbonyl (C=O) groups excluding carboxylic acids is 1. The van der Waals surface area contributed by atoms with Crippen LogP contribution in [-0.4, -0.2) is 45.5 Å². The average molecular weight is 388 g/mol. The summed E-state index contributed by atoms with van der Waals surface area (Å²) < 4.78 is 32.7. The van der Waals surface area contributed by atoms with E-state index in [1.165, 1.54) is 0 Å². The van der Waals surface area contributed by atoms with E-state index < -0.39 is 10.0 Å². The molecule has 1 fully saturated rings. The number of hydrogen-bond acceptors (Lipinski definition) is 4. The van der Waals surface area contributed by atoms with Gasteiger partial charge in [0.25, 0.3) is 5.91 Å². The summed E-state index contributed by atoms with van der Waals surface area (Å²) in [6.45, 7) is 1.65. The summed E-state index contributed by atoms with van der Waals surface area (Å²) in [5.41, 5.74) is 0. The van der Waals surface area contributed by atoms with Crippen LogP contribution in [0.15, 0.2) is 65.6 Å². The summed E-state index contributed by atoms with van der Waals surface area (Å²) in [4.78, 5) is 14.3. The molecule has 144 valence electrons. The number of sulfonamides is 1. The van der Waals surface area contributed by atoms with Crippen LogP contribution < -0.4 is 9.46 Å². The number of likely N-dealkylation sites (tertiary alicyclic amines) is 1. The van der Waals surface area contributed by atoms with Crippen molar-refractivity contribution in [3.8, 4) is 5.75 Å². The lowest BCUT2D eigenvalue weighted by molar-refractivity contribution is -0.134. The minimum atomic E-state index is -3.48. The zero-order chi connectivity index (χ0) is 19.1. The quantitative estimate of drug-likeness (QED) is 0.790. The van der Waals surface area contributed by atoms with Gasteiger partial charge in [-0.05, 0) is 43.0 Å². The second kappa shape index (κ2) is 9.01. The van der Waals surface area contributed by atoms with Crippen LogP contribution in [0.1, 0.15) is 12.8 Å². The number of para-hydroxylation sites is 1. The Balaban J connectivity index is 1.41. The van der Waals surface area contributed by atoms with Crippen molar-refractivity contribution in [2.75, 3.05) is 26.2 Å². The third-order valence-electron chi connectivity index (χ3n) is 4.69. The fourth-order valence-electron chi connectivity index (χ4n) is 3.05. The zero-order valence-electron chi connectivity index (χ0n) is 15.1. The molecular formula is C20H24N2O4S. The summed E-state index contributed by atoms with van der Waals surface area (Å²) in [7, 11) is -3.48. The van der Waals surface area contributed by atoms with Gasteiger partial charge in [0.05, 0.1) is 4.90 Å². The summed E-state index contributed by atoms with van der Waals surface area (Å²) in [5, 5.41) is 0. The first kappa shape index (κ1) is 19.4. The molecule has 1 saturated heterocycles. The van der Waals surface area contributed by atoms with Gasteiger partial charge in [-0.2, -0.15) is 0 Å². The maximum absolute atomic E-state index is 12.3. The van der Waals surface area contributed by atoms with E-state index in [-0.39, 0.29) is 23.3 Å². The maximum Gasteiger partial charge on any atom is 0.260 e.